The van der Waals surface area contributed by atoms with Crippen LogP contribution in [0.25, 0.3) is 0 Å². The summed E-state index contributed by atoms with van der Waals surface area (Å²) in [5.41, 5.74) is 1.56. The van der Waals surface area contributed by atoms with Crippen LogP contribution in [0.4, 0.5) is 0 Å². The van der Waals surface area contributed by atoms with Gasteiger partial charge in [0.2, 0.25) is 0 Å². The minimum absolute atomic E-state index is 0.105. The normalized spacial score (nSPS) is 10.7. The van der Waals surface area contributed by atoms with Crippen LogP contribution < -0.4 is 4.74 Å². The smallest absolute Gasteiger partial charge is 0.339 e. The van der Waals surface area contributed by atoms with Gasteiger partial charge in [-0.05, 0) is 32.0 Å². The average molecular weight is 374 g/mol. The highest BCUT2D eigenvalue weighted by Gasteiger charge is 2.16. The molecule has 0 aliphatic rings. The van der Waals surface area contributed by atoms with E-state index in [2.05, 4.69) is 21.0 Å². The van der Waals surface area contributed by atoms with Crippen molar-refractivity contribution in [3.63, 3.8) is 0 Å². The number of aryl methyl sites for hydroxylation is 2. The fourth-order valence-corrected chi connectivity index (χ4v) is 2.48. The van der Waals surface area contributed by atoms with Crippen LogP contribution in [-0.4, -0.2) is 20.9 Å². The molecule has 0 aliphatic carbocycles. The number of hydrogen-bond acceptors (Lipinski definition) is 3. The zero-order valence-corrected chi connectivity index (χ0v) is 13.9. The first-order chi connectivity index (χ1) is 9.93. The number of nitrogens with zero attached hydrogens (tertiary/aromatic N) is 2. The summed E-state index contributed by atoms with van der Waals surface area (Å²) in [6, 6.07) is 4.77. The van der Waals surface area contributed by atoms with E-state index in [-0.39, 0.29) is 17.9 Å². The zero-order valence-electron chi connectivity index (χ0n) is 11.6. The second kappa shape index (κ2) is 6.49. The second-order valence-electron chi connectivity index (χ2n) is 4.40. The highest BCUT2D eigenvalue weighted by molar-refractivity contribution is 9.10. The Hall–Kier alpha value is -1.53. The number of ether oxygens (including phenoxy) is 1. The molecule has 0 atom stereocenters. The van der Waals surface area contributed by atoms with Crippen molar-refractivity contribution in [3.05, 3.63) is 44.6 Å². The van der Waals surface area contributed by atoms with Gasteiger partial charge in [-0.3, -0.25) is 4.68 Å². The van der Waals surface area contributed by atoms with Crippen LogP contribution >= 0.6 is 27.5 Å². The predicted molar refractivity (Wildman–Crippen MR) is 83.1 cm³/mol. The van der Waals surface area contributed by atoms with Gasteiger partial charge < -0.3 is 9.84 Å². The Morgan fingerprint density at radius 2 is 2.24 bits per heavy atom. The van der Waals surface area contributed by atoms with E-state index >= 15 is 0 Å². The van der Waals surface area contributed by atoms with Crippen molar-refractivity contribution in [3.8, 4) is 5.75 Å². The molecule has 0 amide bonds. The van der Waals surface area contributed by atoms with Gasteiger partial charge in [-0.25, -0.2) is 4.79 Å². The summed E-state index contributed by atoms with van der Waals surface area (Å²) in [6.07, 6.45) is 0. The van der Waals surface area contributed by atoms with Crippen molar-refractivity contribution in [2.24, 2.45) is 0 Å². The Kier molecular flexibility index (Phi) is 4.90. The molecule has 0 saturated heterocycles. The summed E-state index contributed by atoms with van der Waals surface area (Å²) in [6.45, 7) is 4.59. The average Bonchev–Trinajstić information content (AvgIpc) is 2.71. The number of hydrogen-bond donors (Lipinski definition) is 1. The summed E-state index contributed by atoms with van der Waals surface area (Å²) in [5, 5.41) is 14.0. The molecule has 0 unspecified atom stereocenters. The van der Waals surface area contributed by atoms with Crippen LogP contribution in [-0.2, 0) is 13.2 Å². The quantitative estimate of drug-likeness (QED) is 0.863. The molecule has 7 heteroatoms. The van der Waals surface area contributed by atoms with E-state index in [1.165, 1.54) is 6.07 Å². The minimum Gasteiger partial charge on any atom is -0.486 e. The molecule has 0 fully saturated rings. The fourth-order valence-electron chi connectivity index (χ4n) is 1.95. The maximum atomic E-state index is 11.2. The van der Waals surface area contributed by atoms with Crippen LogP contribution in [0, 0.1) is 6.92 Å². The van der Waals surface area contributed by atoms with Gasteiger partial charge in [0, 0.05) is 11.0 Å². The Bertz CT molecular complexity index is 685. The molecule has 1 aromatic carbocycles. The monoisotopic (exact) mass is 372 g/mol. The van der Waals surface area contributed by atoms with Gasteiger partial charge in [-0.15, -0.1) is 0 Å². The lowest BCUT2D eigenvalue weighted by molar-refractivity contribution is 0.0691. The molecule has 0 aliphatic heterocycles. The van der Waals surface area contributed by atoms with Gasteiger partial charge in [0.05, 0.1) is 16.4 Å². The van der Waals surface area contributed by atoms with E-state index in [4.69, 9.17) is 16.3 Å². The molecule has 1 N–H and O–H groups in total. The Balaban J connectivity index is 2.28. The van der Waals surface area contributed by atoms with Gasteiger partial charge in [-0.1, -0.05) is 27.5 Å². The topological polar surface area (TPSA) is 64.4 Å². The van der Waals surface area contributed by atoms with Gasteiger partial charge in [0.1, 0.15) is 17.9 Å². The molecule has 1 heterocycles. The van der Waals surface area contributed by atoms with Crippen LogP contribution in [0.15, 0.2) is 22.7 Å². The van der Waals surface area contributed by atoms with Crippen LogP contribution in [0.1, 0.15) is 28.7 Å². The Morgan fingerprint density at radius 3 is 2.86 bits per heavy atom. The number of rotatable bonds is 5. The predicted octanol–water partition coefficient (Wildman–Crippen LogP) is 3.90. The first-order valence-corrected chi connectivity index (χ1v) is 7.48. The number of benzene rings is 1. The molecule has 2 aromatic rings. The largest absolute Gasteiger partial charge is 0.486 e. The van der Waals surface area contributed by atoms with E-state index in [1.807, 2.05) is 13.8 Å². The molecule has 2 rings (SSSR count). The molecule has 0 bridgehead atoms. The first kappa shape index (κ1) is 15.9. The molecular weight excluding hydrogens is 360 g/mol. The zero-order chi connectivity index (χ0) is 15.6. The molecule has 1 aromatic heterocycles. The number of carboxylic acid groups (broad SMARTS) is 1. The van der Waals surface area contributed by atoms with Crippen molar-refractivity contribution in [2.45, 2.75) is 27.0 Å². The highest BCUT2D eigenvalue weighted by Crippen LogP contribution is 2.27. The van der Waals surface area contributed by atoms with Crippen molar-refractivity contribution in [1.29, 1.82) is 0 Å². The molecular formula is C14H14BrClN2O3. The lowest BCUT2D eigenvalue weighted by Crippen LogP contribution is -2.08. The lowest BCUT2D eigenvalue weighted by atomic mass is 10.2. The lowest BCUT2D eigenvalue weighted by Gasteiger charge is -2.11. The van der Waals surface area contributed by atoms with E-state index in [0.29, 0.717) is 11.6 Å². The number of halogens is 2. The third-order valence-corrected chi connectivity index (χ3v) is 3.98. The Morgan fingerprint density at radius 1 is 1.52 bits per heavy atom. The summed E-state index contributed by atoms with van der Waals surface area (Å²) in [7, 11) is 0. The highest BCUT2D eigenvalue weighted by atomic mass is 79.9. The molecule has 0 spiro atoms. The SMILES string of the molecule is CCn1nc(C)c(Cl)c1COc1cc(Br)ccc1C(=O)O. The molecule has 0 saturated carbocycles. The molecule has 21 heavy (non-hydrogen) atoms. The summed E-state index contributed by atoms with van der Waals surface area (Å²) in [5.74, 6) is -0.752. The van der Waals surface area contributed by atoms with Crippen LogP contribution in [0.2, 0.25) is 5.02 Å². The van der Waals surface area contributed by atoms with Crippen molar-refractivity contribution in [2.75, 3.05) is 0 Å². The van der Waals surface area contributed by atoms with Gasteiger partial charge >= 0.3 is 5.97 Å². The van der Waals surface area contributed by atoms with Gasteiger partial charge in [0.15, 0.2) is 0 Å². The molecule has 112 valence electrons. The van der Waals surface area contributed by atoms with E-state index < -0.39 is 5.97 Å². The summed E-state index contributed by atoms with van der Waals surface area (Å²) >= 11 is 9.51. The number of carbonyl (C=O) groups is 1. The van der Waals surface area contributed by atoms with Crippen LogP contribution in [0.5, 0.6) is 5.75 Å². The van der Waals surface area contributed by atoms with Crippen molar-refractivity contribution < 1.29 is 14.6 Å². The fraction of sp³-hybridized carbons (Fsp3) is 0.286. The minimum atomic E-state index is -1.04. The number of aromatic nitrogens is 2. The van der Waals surface area contributed by atoms with E-state index in [1.54, 1.807) is 16.8 Å². The third kappa shape index (κ3) is 3.39. The third-order valence-electron chi connectivity index (χ3n) is 2.99. The van der Waals surface area contributed by atoms with E-state index in [9.17, 15) is 9.90 Å². The molecule has 0 radical (unpaired) electrons. The second-order valence-corrected chi connectivity index (χ2v) is 5.69. The first-order valence-electron chi connectivity index (χ1n) is 6.31. The maximum absolute atomic E-state index is 11.2. The van der Waals surface area contributed by atoms with Gasteiger partial charge in [0.25, 0.3) is 0 Å². The van der Waals surface area contributed by atoms with Crippen molar-refractivity contribution >= 4 is 33.5 Å². The number of carboxylic acids is 1. The van der Waals surface area contributed by atoms with Crippen molar-refractivity contribution in [1.82, 2.24) is 9.78 Å². The maximum Gasteiger partial charge on any atom is 0.339 e. The van der Waals surface area contributed by atoms with Gasteiger partial charge in [-0.2, -0.15) is 5.10 Å². The number of aromatic carboxylic acids is 1. The van der Waals surface area contributed by atoms with Crippen LogP contribution in [0.3, 0.4) is 0 Å². The summed E-state index contributed by atoms with van der Waals surface area (Å²) < 4.78 is 8.14. The Labute approximate surface area is 135 Å². The van der Waals surface area contributed by atoms with E-state index in [0.717, 1.165) is 15.9 Å². The molecule has 5 nitrogen and oxygen atoms in total. The standard InChI is InChI=1S/C14H14BrClN2O3/c1-3-18-11(13(16)8(2)17-18)7-21-12-6-9(15)4-5-10(12)14(19)20/h4-6H,3,7H2,1-2H3,(H,19,20). The summed E-state index contributed by atoms with van der Waals surface area (Å²) in [4.78, 5) is 11.2.